The smallest absolute Gasteiger partial charge is 0.146 e. The van der Waals surface area contributed by atoms with E-state index in [0.717, 1.165) is 72.3 Å². The van der Waals surface area contributed by atoms with Gasteiger partial charge in [0, 0.05) is 27.6 Å². The maximum atomic E-state index is 6.46. The fraction of sp³-hybridized carbons (Fsp3) is 0. The molecular formula is C43H28N2O. The number of para-hydroxylation sites is 5. The number of hydrogen-bond donors (Lipinski definition) is 0. The summed E-state index contributed by atoms with van der Waals surface area (Å²) in [6, 6.07) is 59.6. The SMILES string of the molecule is c1ccc(-c2ccc(-c3cc(-c4cccc5c4oc4ccccc45)ccc3-c3nc4ccccc4n3-c3ccccc3)cc2)cc1. The first-order valence-electron chi connectivity index (χ1n) is 15.6. The first-order valence-corrected chi connectivity index (χ1v) is 15.6. The molecule has 0 bridgehead atoms. The van der Waals surface area contributed by atoms with Crippen molar-refractivity contribution in [2.45, 2.75) is 0 Å². The van der Waals surface area contributed by atoms with Crippen LogP contribution in [-0.2, 0) is 0 Å². The average Bonchev–Trinajstić information content (AvgIpc) is 3.71. The molecule has 0 atom stereocenters. The molecule has 0 radical (unpaired) electrons. The fourth-order valence-electron chi connectivity index (χ4n) is 6.64. The van der Waals surface area contributed by atoms with Gasteiger partial charge in [0.05, 0.1) is 11.0 Å². The molecule has 2 aromatic heterocycles. The Kier molecular flexibility index (Phi) is 6.14. The van der Waals surface area contributed by atoms with Crippen molar-refractivity contribution in [3.63, 3.8) is 0 Å². The van der Waals surface area contributed by atoms with E-state index in [2.05, 4.69) is 162 Å². The van der Waals surface area contributed by atoms with Crippen LogP contribution in [0.5, 0.6) is 0 Å². The molecule has 0 unspecified atom stereocenters. The molecular weight excluding hydrogens is 560 g/mol. The summed E-state index contributed by atoms with van der Waals surface area (Å²) >= 11 is 0. The highest BCUT2D eigenvalue weighted by molar-refractivity contribution is 6.09. The lowest BCUT2D eigenvalue weighted by atomic mass is 9.92. The third-order valence-electron chi connectivity index (χ3n) is 8.85. The van der Waals surface area contributed by atoms with E-state index in [1.807, 2.05) is 12.1 Å². The highest BCUT2D eigenvalue weighted by atomic mass is 16.3. The first-order chi connectivity index (χ1) is 22.8. The van der Waals surface area contributed by atoms with Gasteiger partial charge in [-0.25, -0.2) is 4.98 Å². The van der Waals surface area contributed by atoms with Crippen LogP contribution in [-0.4, -0.2) is 9.55 Å². The van der Waals surface area contributed by atoms with E-state index < -0.39 is 0 Å². The summed E-state index contributed by atoms with van der Waals surface area (Å²) in [5, 5.41) is 2.25. The number of fused-ring (bicyclic) bond motifs is 4. The molecule has 0 spiro atoms. The van der Waals surface area contributed by atoms with Crippen LogP contribution in [0.2, 0.25) is 0 Å². The van der Waals surface area contributed by atoms with Gasteiger partial charge in [0.1, 0.15) is 17.0 Å². The standard InChI is InChI=1S/C43H28N2O/c1-3-12-29(13-4-1)30-22-24-31(25-23-30)38-28-32(34-17-11-18-36-35-16-7-10-21-41(35)46-42(34)36)26-27-37(38)43-44-39-19-8-9-20-40(39)45(43)33-14-5-2-6-15-33/h1-28H. The summed E-state index contributed by atoms with van der Waals surface area (Å²) in [7, 11) is 0. The van der Waals surface area contributed by atoms with E-state index in [1.54, 1.807) is 0 Å². The van der Waals surface area contributed by atoms with Gasteiger partial charge in [-0.1, -0.05) is 127 Å². The Labute approximate surface area is 266 Å². The maximum Gasteiger partial charge on any atom is 0.146 e. The predicted octanol–water partition coefficient (Wildman–Crippen LogP) is 11.6. The van der Waals surface area contributed by atoms with E-state index in [1.165, 1.54) is 11.1 Å². The van der Waals surface area contributed by atoms with Crippen molar-refractivity contribution < 1.29 is 4.42 Å². The number of imidazole rings is 1. The third-order valence-corrected chi connectivity index (χ3v) is 8.85. The van der Waals surface area contributed by atoms with Crippen LogP contribution >= 0.6 is 0 Å². The van der Waals surface area contributed by atoms with Gasteiger partial charge in [0.2, 0.25) is 0 Å². The van der Waals surface area contributed by atoms with Crippen molar-refractivity contribution in [1.29, 1.82) is 0 Å². The third kappa shape index (κ3) is 4.33. The molecule has 3 heteroatoms. The minimum atomic E-state index is 0.898. The van der Waals surface area contributed by atoms with E-state index in [4.69, 9.17) is 9.40 Å². The van der Waals surface area contributed by atoms with Gasteiger partial charge in [-0.2, -0.15) is 0 Å². The topological polar surface area (TPSA) is 31.0 Å². The summed E-state index contributed by atoms with van der Waals surface area (Å²) in [5.41, 5.74) is 12.8. The van der Waals surface area contributed by atoms with Crippen molar-refractivity contribution in [2.75, 3.05) is 0 Å². The molecule has 3 nitrogen and oxygen atoms in total. The van der Waals surface area contributed by atoms with Crippen molar-refractivity contribution >= 4 is 33.0 Å². The molecule has 2 heterocycles. The molecule has 7 aromatic carbocycles. The first kappa shape index (κ1) is 26.2. The summed E-state index contributed by atoms with van der Waals surface area (Å²) in [6.45, 7) is 0. The van der Waals surface area contributed by atoms with E-state index >= 15 is 0 Å². The second-order valence-corrected chi connectivity index (χ2v) is 11.6. The second kappa shape index (κ2) is 10.8. The van der Waals surface area contributed by atoms with Gasteiger partial charge in [-0.05, 0) is 70.3 Å². The fourth-order valence-corrected chi connectivity index (χ4v) is 6.64. The van der Waals surface area contributed by atoms with E-state index in [9.17, 15) is 0 Å². The van der Waals surface area contributed by atoms with Crippen LogP contribution < -0.4 is 0 Å². The quantitative estimate of drug-likeness (QED) is 0.200. The van der Waals surface area contributed by atoms with Crippen LogP contribution in [0.15, 0.2) is 174 Å². The highest BCUT2D eigenvalue weighted by Crippen LogP contribution is 2.41. The Morgan fingerprint density at radius 1 is 0.435 bits per heavy atom. The van der Waals surface area contributed by atoms with Crippen molar-refractivity contribution in [3.8, 4) is 50.5 Å². The lowest BCUT2D eigenvalue weighted by Gasteiger charge is -2.15. The summed E-state index contributed by atoms with van der Waals surface area (Å²) < 4.78 is 8.73. The number of aromatic nitrogens is 2. The Hall–Kier alpha value is -6.19. The van der Waals surface area contributed by atoms with Crippen LogP contribution in [0.25, 0.3) is 83.4 Å². The molecule has 9 aromatic rings. The summed E-state index contributed by atoms with van der Waals surface area (Å²) in [4.78, 5) is 5.24. The number of hydrogen-bond acceptors (Lipinski definition) is 2. The predicted molar refractivity (Wildman–Crippen MR) is 190 cm³/mol. The second-order valence-electron chi connectivity index (χ2n) is 11.6. The number of rotatable bonds is 5. The molecule has 9 rings (SSSR count). The molecule has 0 saturated carbocycles. The van der Waals surface area contributed by atoms with Gasteiger partial charge < -0.3 is 4.42 Å². The normalized spacial score (nSPS) is 11.5. The number of benzene rings is 7. The largest absolute Gasteiger partial charge is 0.455 e. The molecule has 0 fully saturated rings. The zero-order chi connectivity index (χ0) is 30.5. The monoisotopic (exact) mass is 588 g/mol. The van der Waals surface area contributed by atoms with Crippen LogP contribution in [0.3, 0.4) is 0 Å². The highest BCUT2D eigenvalue weighted by Gasteiger charge is 2.20. The molecule has 46 heavy (non-hydrogen) atoms. The molecule has 0 aliphatic heterocycles. The van der Waals surface area contributed by atoms with Gasteiger partial charge in [-0.3, -0.25) is 4.57 Å². The Morgan fingerprint density at radius 2 is 1.09 bits per heavy atom. The average molecular weight is 589 g/mol. The van der Waals surface area contributed by atoms with Crippen LogP contribution in [0, 0.1) is 0 Å². The van der Waals surface area contributed by atoms with Crippen molar-refractivity contribution in [2.24, 2.45) is 0 Å². The zero-order valence-electron chi connectivity index (χ0n) is 25.0. The Morgan fingerprint density at radius 3 is 1.93 bits per heavy atom. The van der Waals surface area contributed by atoms with Crippen LogP contribution in [0.1, 0.15) is 0 Å². The van der Waals surface area contributed by atoms with Crippen molar-refractivity contribution in [1.82, 2.24) is 9.55 Å². The summed E-state index contributed by atoms with van der Waals surface area (Å²) in [5.74, 6) is 0.906. The van der Waals surface area contributed by atoms with Crippen LogP contribution in [0.4, 0.5) is 0 Å². The molecule has 0 saturated heterocycles. The molecule has 0 aliphatic carbocycles. The van der Waals surface area contributed by atoms with Gasteiger partial charge in [0.25, 0.3) is 0 Å². The minimum Gasteiger partial charge on any atom is -0.455 e. The summed E-state index contributed by atoms with van der Waals surface area (Å²) in [6.07, 6.45) is 0. The lowest BCUT2D eigenvalue weighted by molar-refractivity contribution is 0.670. The van der Waals surface area contributed by atoms with E-state index in [0.29, 0.717) is 0 Å². The van der Waals surface area contributed by atoms with Gasteiger partial charge >= 0.3 is 0 Å². The molecule has 0 N–H and O–H groups in total. The minimum absolute atomic E-state index is 0.898. The molecule has 216 valence electrons. The number of nitrogens with zero attached hydrogens (tertiary/aromatic N) is 2. The van der Waals surface area contributed by atoms with Crippen molar-refractivity contribution in [3.05, 3.63) is 170 Å². The molecule has 0 amide bonds. The van der Waals surface area contributed by atoms with Gasteiger partial charge in [0.15, 0.2) is 0 Å². The Balaban J connectivity index is 1.29. The Bertz CT molecular complexity index is 2510. The van der Waals surface area contributed by atoms with Gasteiger partial charge in [-0.15, -0.1) is 0 Å². The molecule has 0 aliphatic rings. The lowest BCUT2D eigenvalue weighted by Crippen LogP contribution is -1.99. The zero-order valence-corrected chi connectivity index (χ0v) is 25.0. The maximum absolute atomic E-state index is 6.46. The van der Waals surface area contributed by atoms with E-state index in [-0.39, 0.29) is 0 Å². The number of furan rings is 1.